The number of likely N-dealkylation sites (N-methyl/N-ethyl adjacent to an activating group) is 1. The van der Waals surface area contributed by atoms with E-state index in [1.807, 2.05) is 31.2 Å². The van der Waals surface area contributed by atoms with Crippen LogP contribution in [0.25, 0.3) is 0 Å². The Morgan fingerprint density at radius 1 is 1.14 bits per heavy atom. The maximum atomic E-state index is 13.6. The second-order valence-corrected chi connectivity index (χ2v) is 10.1. The Morgan fingerprint density at radius 2 is 1.89 bits per heavy atom. The van der Waals surface area contributed by atoms with E-state index in [4.69, 9.17) is 0 Å². The second kappa shape index (κ2) is 11.4. The standard InChI is InChI=1S/C26H31BrFN5O3/c1-3-4-8-22-25(35)31(15-19-6-5-7-20(27)13-19)16-23-32(22)24(34)17-30(2)33(23)26(36)29-14-18-9-11-21(28)12-10-18/h5-7,9-13,22-23H,3-4,8,14-17H2,1-2H3,(H,29,36)/t22-,23?/m0/s1. The molecular formula is C26H31BrFN5O3. The Hall–Kier alpha value is -2.98. The van der Waals surface area contributed by atoms with Crippen molar-refractivity contribution in [3.8, 4) is 0 Å². The summed E-state index contributed by atoms with van der Waals surface area (Å²) < 4.78 is 14.2. The number of amides is 4. The van der Waals surface area contributed by atoms with E-state index >= 15 is 0 Å². The molecule has 0 aliphatic carbocycles. The average molecular weight is 560 g/mol. The van der Waals surface area contributed by atoms with Gasteiger partial charge in [0.05, 0.1) is 13.1 Å². The van der Waals surface area contributed by atoms with Crippen LogP contribution in [0.2, 0.25) is 0 Å². The lowest BCUT2D eigenvalue weighted by Crippen LogP contribution is -2.75. The lowest BCUT2D eigenvalue weighted by molar-refractivity contribution is -0.188. The van der Waals surface area contributed by atoms with Gasteiger partial charge in [0.2, 0.25) is 11.8 Å². The van der Waals surface area contributed by atoms with Gasteiger partial charge in [-0.25, -0.2) is 19.2 Å². The normalized spacial score (nSPS) is 20.5. The number of benzene rings is 2. The second-order valence-electron chi connectivity index (χ2n) is 9.23. The number of carbonyl (C=O) groups is 3. The van der Waals surface area contributed by atoms with Gasteiger partial charge in [0.15, 0.2) is 0 Å². The van der Waals surface area contributed by atoms with Gasteiger partial charge in [-0.2, -0.15) is 0 Å². The van der Waals surface area contributed by atoms with Gasteiger partial charge in [0.1, 0.15) is 18.0 Å². The van der Waals surface area contributed by atoms with Gasteiger partial charge in [-0.15, -0.1) is 0 Å². The topological polar surface area (TPSA) is 76.2 Å². The molecule has 0 saturated carbocycles. The molecule has 8 nitrogen and oxygen atoms in total. The van der Waals surface area contributed by atoms with Crippen LogP contribution in [0.3, 0.4) is 0 Å². The molecule has 36 heavy (non-hydrogen) atoms. The van der Waals surface area contributed by atoms with Gasteiger partial charge in [-0.1, -0.05) is 60.0 Å². The third-order valence-corrected chi connectivity index (χ3v) is 7.09. The van der Waals surface area contributed by atoms with E-state index in [2.05, 4.69) is 21.2 Å². The van der Waals surface area contributed by atoms with Crippen molar-refractivity contribution < 1.29 is 18.8 Å². The Kier molecular flexibility index (Phi) is 8.25. The van der Waals surface area contributed by atoms with Crippen molar-refractivity contribution in [2.24, 2.45) is 0 Å². The molecule has 2 heterocycles. The van der Waals surface area contributed by atoms with Crippen molar-refractivity contribution in [3.63, 3.8) is 0 Å². The molecule has 10 heteroatoms. The molecule has 2 saturated heterocycles. The molecule has 2 aliphatic rings. The quantitative estimate of drug-likeness (QED) is 0.561. The molecule has 2 aromatic carbocycles. The van der Waals surface area contributed by atoms with Crippen LogP contribution >= 0.6 is 15.9 Å². The number of rotatable bonds is 7. The van der Waals surface area contributed by atoms with Gasteiger partial charge in [-0.05, 0) is 41.8 Å². The van der Waals surface area contributed by atoms with Crippen molar-refractivity contribution in [1.82, 2.24) is 25.1 Å². The zero-order chi connectivity index (χ0) is 25.8. The fraction of sp³-hybridized carbons (Fsp3) is 0.423. The average Bonchev–Trinajstić information content (AvgIpc) is 2.84. The lowest BCUT2D eigenvalue weighted by Gasteiger charge is -2.54. The summed E-state index contributed by atoms with van der Waals surface area (Å²) in [7, 11) is 1.70. The molecular weight excluding hydrogens is 529 g/mol. The predicted molar refractivity (Wildman–Crippen MR) is 137 cm³/mol. The fourth-order valence-corrected chi connectivity index (χ4v) is 5.29. The SMILES string of the molecule is CCCC[C@H]1C(=O)N(Cc2cccc(Br)c2)CC2N1C(=O)CN(C)N2C(=O)NCc1ccc(F)cc1. The maximum Gasteiger partial charge on any atom is 0.334 e. The third-order valence-electron chi connectivity index (χ3n) is 6.60. The zero-order valence-electron chi connectivity index (χ0n) is 20.5. The molecule has 0 bridgehead atoms. The minimum Gasteiger partial charge on any atom is -0.333 e. The summed E-state index contributed by atoms with van der Waals surface area (Å²) in [5.41, 5.74) is 1.72. The van der Waals surface area contributed by atoms with Gasteiger partial charge in [0, 0.05) is 24.6 Å². The summed E-state index contributed by atoms with van der Waals surface area (Å²) >= 11 is 3.48. The number of carbonyl (C=O) groups excluding carboxylic acids is 3. The number of nitrogens with zero attached hydrogens (tertiary/aromatic N) is 4. The summed E-state index contributed by atoms with van der Waals surface area (Å²) in [5.74, 6) is -0.601. The largest absolute Gasteiger partial charge is 0.334 e. The number of fused-ring (bicyclic) bond motifs is 1. The summed E-state index contributed by atoms with van der Waals surface area (Å²) in [6.45, 7) is 2.85. The predicted octanol–water partition coefficient (Wildman–Crippen LogP) is 3.72. The molecule has 1 N–H and O–H groups in total. The highest BCUT2D eigenvalue weighted by Gasteiger charge is 2.50. The van der Waals surface area contributed by atoms with Crippen molar-refractivity contribution >= 4 is 33.8 Å². The van der Waals surface area contributed by atoms with Gasteiger partial charge in [-0.3, -0.25) is 9.59 Å². The number of urea groups is 1. The lowest BCUT2D eigenvalue weighted by atomic mass is 10.0. The van der Waals surface area contributed by atoms with E-state index in [1.165, 1.54) is 17.1 Å². The molecule has 1 unspecified atom stereocenters. The summed E-state index contributed by atoms with van der Waals surface area (Å²) in [4.78, 5) is 43.5. The first kappa shape index (κ1) is 26.1. The minimum absolute atomic E-state index is 0.00199. The number of piperazine rings is 1. The first-order chi connectivity index (χ1) is 17.3. The number of nitrogens with one attached hydrogen (secondary N) is 1. The smallest absolute Gasteiger partial charge is 0.333 e. The van der Waals surface area contributed by atoms with E-state index in [0.717, 1.165) is 28.4 Å². The van der Waals surface area contributed by atoms with E-state index in [1.54, 1.807) is 34.0 Å². The minimum atomic E-state index is -0.629. The number of unbranched alkanes of at least 4 members (excludes halogenated alkanes) is 1. The van der Waals surface area contributed by atoms with E-state index in [9.17, 15) is 18.8 Å². The van der Waals surface area contributed by atoms with E-state index in [-0.39, 0.29) is 43.3 Å². The molecule has 192 valence electrons. The summed E-state index contributed by atoms with van der Waals surface area (Å²) in [6, 6.07) is 12.7. The number of halogens is 2. The van der Waals surface area contributed by atoms with Crippen molar-refractivity contribution in [3.05, 3.63) is 69.9 Å². The van der Waals surface area contributed by atoms with Crippen molar-refractivity contribution in [2.75, 3.05) is 20.1 Å². The molecule has 2 aliphatic heterocycles. The fourth-order valence-electron chi connectivity index (χ4n) is 4.84. The highest BCUT2D eigenvalue weighted by Crippen LogP contribution is 2.29. The number of hydrazine groups is 1. The number of hydrogen-bond donors (Lipinski definition) is 1. The Bertz CT molecular complexity index is 1120. The van der Waals surface area contributed by atoms with E-state index < -0.39 is 12.2 Å². The Labute approximate surface area is 219 Å². The van der Waals surface area contributed by atoms with Crippen molar-refractivity contribution in [2.45, 2.75) is 51.5 Å². The summed E-state index contributed by atoms with van der Waals surface area (Å²) in [5, 5.41) is 6.02. The molecule has 4 amide bonds. The first-order valence-corrected chi connectivity index (χ1v) is 12.9. The monoisotopic (exact) mass is 559 g/mol. The number of hydrogen-bond acceptors (Lipinski definition) is 4. The van der Waals surface area contributed by atoms with Crippen LogP contribution in [0, 0.1) is 5.82 Å². The molecule has 2 atom stereocenters. The van der Waals surface area contributed by atoms with Crippen molar-refractivity contribution in [1.29, 1.82) is 0 Å². The van der Waals surface area contributed by atoms with Gasteiger partial charge < -0.3 is 15.1 Å². The van der Waals surface area contributed by atoms with Crippen LogP contribution in [0.1, 0.15) is 37.3 Å². The molecule has 0 spiro atoms. The van der Waals surface area contributed by atoms with Crippen LogP contribution in [-0.2, 0) is 22.7 Å². The highest BCUT2D eigenvalue weighted by molar-refractivity contribution is 9.10. The molecule has 4 rings (SSSR count). The van der Waals surface area contributed by atoms with Crippen LogP contribution in [0.4, 0.5) is 9.18 Å². The van der Waals surface area contributed by atoms with Crippen LogP contribution in [-0.4, -0.2) is 70.0 Å². The molecule has 2 fully saturated rings. The molecule has 0 aromatic heterocycles. The van der Waals surface area contributed by atoms with E-state index in [0.29, 0.717) is 13.0 Å². The summed E-state index contributed by atoms with van der Waals surface area (Å²) in [6.07, 6.45) is 1.60. The van der Waals surface area contributed by atoms with Crippen LogP contribution in [0.15, 0.2) is 53.0 Å². The Balaban J connectivity index is 1.59. The first-order valence-electron chi connectivity index (χ1n) is 12.2. The maximum absolute atomic E-state index is 13.6. The third kappa shape index (κ3) is 5.70. The zero-order valence-corrected chi connectivity index (χ0v) is 22.1. The molecule has 2 aromatic rings. The van der Waals surface area contributed by atoms with Gasteiger partial charge in [0.25, 0.3) is 0 Å². The van der Waals surface area contributed by atoms with Gasteiger partial charge >= 0.3 is 6.03 Å². The van der Waals surface area contributed by atoms with Crippen LogP contribution in [0.5, 0.6) is 0 Å². The highest BCUT2D eigenvalue weighted by atomic mass is 79.9. The van der Waals surface area contributed by atoms with Crippen LogP contribution < -0.4 is 5.32 Å². The molecule has 0 radical (unpaired) electrons. The Morgan fingerprint density at radius 3 is 2.58 bits per heavy atom.